The summed E-state index contributed by atoms with van der Waals surface area (Å²) in [6, 6.07) is 1.68. The molecule has 1 fully saturated rings. The van der Waals surface area contributed by atoms with E-state index in [4.69, 9.17) is 0 Å². The maximum atomic E-state index is 2.50. The van der Waals surface area contributed by atoms with Gasteiger partial charge >= 0.3 is 0 Å². The molecule has 12 heavy (non-hydrogen) atoms. The minimum atomic E-state index is 0.822. The van der Waals surface area contributed by atoms with Crippen molar-refractivity contribution in [1.29, 1.82) is 0 Å². The molecule has 1 saturated heterocycles. The van der Waals surface area contributed by atoms with Crippen molar-refractivity contribution in [3.63, 3.8) is 0 Å². The second kappa shape index (κ2) is 3.35. The Morgan fingerprint density at radius 2 is 1.92 bits per heavy atom. The lowest BCUT2D eigenvalue weighted by atomic mass is 9.92. The number of likely N-dealkylation sites (tertiary alicyclic amines) is 1. The van der Waals surface area contributed by atoms with Gasteiger partial charge in [-0.15, -0.1) is 0 Å². The number of quaternary nitrogens is 1. The maximum absolute atomic E-state index is 2.50. The highest BCUT2D eigenvalue weighted by Gasteiger charge is 2.32. The van der Waals surface area contributed by atoms with Gasteiger partial charge in [0.25, 0.3) is 0 Å². The van der Waals surface area contributed by atoms with Crippen molar-refractivity contribution in [2.24, 2.45) is 0 Å². The molecular weight excluding hydrogens is 148 g/mol. The van der Waals surface area contributed by atoms with Crippen LogP contribution in [0.2, 0.25) is 0 Å². The topological polar surface area (TPSA) is 3.24 Å². The highest BCUT2D eigenvalue weighted by atomic mass is 15.3. The van der Waals surface area contributed by atoms with Crippen molar-refractivity contribution in [2.45, 2.75) is 31.8 Å². The standard InChI is InChI=1S/C10H23N2/c1-9-8-10(11(9)2)6-7-12(3,4)5/h9-10H,6-8H2,1-5H3/q+1. The molecule has 0 amide bonds. The van der Waals surface area contributed by atoms with Gasteiger partial charge in [-0.1, -0.05) is 0 Å². The first-order chi connectivity index (χ1) is 5.40. The minimum Gasteiger partial charge on any atom is -0.331 e. The van der Waals surface area contributed by atoms with E-state index in [-0.39, 0.29) is 0 Å². The lowest BCUT2D eigenvalue weighted by molar-refractivity contribution is -0.870. The molecule has 2 heteroatoms. The molecule has 1 heterocycles. The van der Waals surface area contributed by atoms with E-state index in [9.17, 15) is 0 Å². The SMILES string of the molecule is CC1CC(CC[N+](C)(C)C)N1C. The molecule has 2 unspecified atom stereocenters. The van der Waals surface area contributed by atoms with E-state index in [0.717, 1.165) is 16.6 Å². The largest absolute Gasteiger partial charge is 0.331 e. The molecule has 0 bridgehead atoms. The van der Waals surface area contributed by atoms with Crippen molar-refractivity contribution in [3.05, 3.63) is 0 Å². The van der Waals surface area contributed by atoms with Crippen molar-refractivity contribution < 1.29 is 4.48 Å². The Hall–Kier alpha value is -0.0800. The number of nitrogens with zero attached hydrogens (tertiary/aromatic N) is 2. The van der Waals surface area contributed by atoms with Crippen molar-refractivity contribution in [2.75, 3.05) is 34.7 Å². The lowest BCUT2D eigenvalue weighted by Gasteiger charge is -2.45. The zero-order valence-corrected chi connectivity index (χ0v) is 9.17. The predicted octanol–water partition coefficient (Wildman–Crippen LogP) is 1.18. The summed E-state index contributed by atoms with van der Waals surface area (Å²) in [6.07, 6.45) is 2.75. The molecule has 0 aromatic heterocycles. The zero-order chi connectivity index (χ0) is 9.35. The number of rotatable bonds is 3. The molecule has 0 aromatic carbocycles. The van der Waals surface area contributed by atoms with Crippen LogP contribution >= 0.6 is 0 Å². The molecule has 0 aromatic rings. The van der Waals surface area contributed by atoms with Crippen LogP contribution in [0.25, 0.3) is 0 Å². The fourth-order valence-electron chi connectivity index (χ4n) is 1.81. The first-order valence-corrected chi connectivity index (χ1v) is 4.92. The van der Waals surface area contributed by atoms with E-state index in [0.29, 0.717) is 0 Å². The Morgan fingerprint density at radius 1 is 1.33 bits per heavy atom. The average Bonchev–Trinajstić information content (AvgIpc) is 1.95. The van der Waals surface area contributed by atoms with E-state index in [1.807, 2.05) is 0 Å². The van der Waals surface area contributed by atoms with Gasteiger partial charge in [0.05, 0.1) is 27.7 Å². The Bertz CT molecular complexity index is 148. The number of hydrogen-bond acceptors (Lipinski definition) is 1. The summed E-state index contributed by atoms with van der Waals surface area (Å²) in [5.74, 6) is 0. The first-order valence-electron chi connectivity index (χ1n) is 4.92. The van der Waals surface area contributed by atoms with Gasteiger partial charge in [0.2, 0.25) is 0 Å². The molecule has 0 radical (unpaired) electrons. The zero-order valence-electron chi connectivity index (χ0n) is 9.17. The highest BCUT2D eigenvalue weighted by molar-refractivity contribution is 4.86. The summed E-state index contributed by atoms with van der Waals surface area (Å²) in [7, 11) is 9.04. The van der Waals surface area contributed by atoms with Gasteiger partial charge in [0.15, 0.2) is 0 Å². The van der Waals surface area contributed by atoms with Gasteiger partial charge in [0.1, 0.15) is 0 Å². The van der Waals surface area contributed by atoms with Crippen LogP contribution < -0.4 is 0 Å². The normalized spacial score (nSPS) is 31.8. The Kier molecular flexibility index (Phi) is 2.79. The van der Waals surface area contributed by atoms with Crippen molar-refractivity contribution in [3.8, 4) is 0 Å². The van der Waals surface area contributed by atoms with E-state index in [1.165, 1.54) is 19.4 Å². The molecule has 0 spiro atoms. The van der Waals surface area contributed by atoms with E-state index in [2.05, 4.69) is 40.0 Å². The van der Waals surface area contributed by atoms with Crippen LogP contribution in [-0.2, 0) is 0 Å². The van der Waals surface area contributed by atoms with Crippen LogP contribution in [0.1, 0.15) is 19.8 Å². The first kappa shape index (κ1) is 10.0. The second-order valence-corrected chi connectivity index (χ2v) is 5.21. The van der Waals surface area contributed by atoms with Crippen molar-refractivity contribution >= 4 is 0 Å². The minimum absolute atomic E-state index is 0.822. The van der Waals surface area contributed by atoms with Crippen molar-refractivity contribution in [1.82, 2.24) is 4.90 Å². The van der Waals surface area contributed by atoms with Gasteiger partial charge in [-0.05, 0) is 20.4 Å². The molecule has 0 aliphatic carbocycles. The third-order valence-corrected chi connectivity index (χ3v) is 3.02. The molecule has 0 N–H and O–H groups in total. The monoisotopic (exact) mass is 171 g/mol. The van der Waals surface area contributed by atoms with Gasteiger partial charge < -0.3 is 9.38 Å². The van der Waals surface area contributed by atoms with Crippen LogP contribution in [0, 0.1) is 0 Å². The quantitative estimate of drug-likeness (QED) is 0.576. The van der Waals surface area contributed by atoms with Gasteiger partial charge in [-0.3, -0.25) is 0 Å². The van der Waals surface area contributed by atoms with Crippen LogP contribution in [0.4, 0.5) is 0 Å². The average molecular weight is 171 g/mol. The lowest BCUT2D eigenvalue weighted by Crippen LogP contribution is -2.53. The Labute approximate surface area is 76.7 Å². The molecule has 2 nitrogen and oxygen atoms in total. The van der Waals surface area contributed by atoms with Crippen LogP contribution in [0.5, 0.6) is 0 Å². The molecule has 2 atom stereocenters. The summed E-state index contributed by atoms with van der Waals surface area (Å²) in [4.78, 5) is 2.50. The van der Waals surface area contributed by atoms with Gasteiger partial charge in [-0.2, -0.15) is 0 Å². The Balaban J connectivity index is 2.18. The van der Waals surface area contributed by atoms with Gasteiger partial charge in [-0.25, -0.2) is 0 Å². The van der Waals surface area contributed by atoms with E-state index >= 15 is 0 Å². The molecule has 1 aliphatic heterocycles. The van der Waals surface area contributed by atoms with Gasteiger partial charge in [0, 0.05) is 18.5 Å². The van der Waals surface area contributed by atoms with Crippen LogP contribution in [-0.4, -0.2) is 56.2 Å². The summed E-state index contributed by atoms with van der Waals surface area (Å²) < 4.78 is 1.10. The number of hydrogen-bond donors (Lipinski definition) is 0. The predicted molar refractivity (Wildman–Crippen MR) is 53.1 cm³/mol. The molecule has 1 rings (SSSR count). The second-order valence-electron chi connectivity index (χ2n) is 5.21. The highest BCUT2D eigenvalue weighted by Crippen LogP contribution is 2.25. The maximum Gasteiger partial charge on any atom is 0.0795 e. The molecular formula is C10H23N2+. The third-order valence-electron chi connectivity index (χ3n) is 3.02. The molecule has 72 valence electrons. The molecule has 0 saturated carbocycles. The summed E-state index contributed by atoms with van der Waals surface area (Å²) in [6.45, 7) is 3.60. The Morgan fingerprint density at radius 3 is 2.25 bits per heavy atom. The van der Waals surface area contributed by atoms with E-state index in [1.54, 1.807) is 0 Å². The smallest absolute Gasteiger partial charge is 0.0795 e. The summed E-state index contributed by atoms with van der Waals surface area (Å²) in [5, 5.41) is 0. The summed E-state index contributed by atoms with van der Waals surface area (Å²) in [5.41, 5.74) is 0. The van der Waals surface area contributed by atoms with Crippen LogP contribution in [0.15, 0.2) is 0 Å². The molecule has 1 aliphatic rings. The third kappa shape index (κ3) is 2.46. The summed E-state index contributed by atoms with van der Waals surface area (Å²) >= 11 is 0. The van der Waals surface area contributed by atoms with E-state index < -0.39 is 0 Å². The fourth-order valence-corrected chi connectivity index (χ4v) is 1.81. The van der Waals surface area contributed by atoms with Crippen LogP contribution in [0.3, 0.4) is 0 Å². The fraction of sp³-hybridized carbons (Fsp3) is 1.00.